The molecule has 8 heteroatoms. The SMILES string of the molecule is O=[N+]([O-])c1ccc(I)c(I)c1[N+](=O)[O-]. The molecule has 0 atom stereocenters. The van der Waals surface area contributed by atoms with Gasteiger partial charge in [-0.1, -0.05) is 0 Å². The molecule has 1 aromatic rings. The molecule has 0 radical (unpaired) electrons. The van der Waals surface area contributed by atoms with E-state index >= 15 is 0 Å². The van der Waals surface area contributed by atoms with Crippen molar-refractivity contribution in [1.82, 2.24) is 0 Å². The van der Waals surface area contributed by atoms with Gasteiger partial charge in [0.05, 0.1) is 9.85 Å². The molecular weight excluding hydrogens is 418 g/mol. The van der Waals surface area contributed by atoms with Crippen LogP contribution in [0.1, 0.15) is 0 Å². The molecule has 0 aromatic heterocycles. The first kappa shape index (κ1) is 11.6. The highest BCUT2D eigenvalue weighted by Crippen LogP contribution is 2.34. The summed E-state index contributed by atoms with van der Waals surface area (Å²) in [6, 6.07) is 2.62. The number of nitrogens with zero attached hydrogens (tertiary/aromatic N) is 2. The van der Waals surface area contributed by atoms with Crippen molar-refractivity contribution >= 4 is 56.6 Å². The lowest BCUT2D eigenvalue weighted by molar-refractivity contribution is -0.423. The van der Waals surface area contributed by atoms with E-state index in [2.05, 4.69) is 0 Å². The molecule has 0 unspecified atom stereocenters. The van der Waals surface area contributed by atoms with Crippen molar-refractivity contribution in [3.8, 4) is 0 Å². The lowest BCUT2D eigenvalue weighted by Gasteiger charge is -1.98. The van der Waals surface area contributed by atoms with Gasteiger partial charge in [-0.15, -0.1) is 0 Å². The predicted molar refractivity (Wildman–Crippen MR) is 65.2 cm³/mol. The maximum Gasteiger partial charge on any atom is 0.360 e. The van der Waals surface area contributed by atoms with Gasteiger partial charge in [0.2, 0.25) is 0 Å². The van der Waals surface area contributed by atoms with Crippen LogP contribution >= 0.6 is 45.2 Å². The second-order valence-electron chi connectivity index (χ2n) is 2.24. The summed E-state index contributed by atoms with van der Waals surface area (Å²) in [6.45, 7) is 0. The number of hydrogen-bond donors (Lipinski definition) is 0. The molecule has 0 aliphatic heterocycles. The van der Waals surface area contributed by atoms with Crippen molar-refractivity contribution < 1.29 is 9.85 Å². The van der Waals surface area contributed by atoms with Gasteiger partial charge in [-0.3, -0.25) is 20.2 Å². The predicted octanol–water partition coefficient (Wildman–Crippen LogP) is 2.71. The molecule has 6 nitrogen and oxygen atoms in total. The summed E-state index contributed by atoms with van der Waals surface area (Å²) in [4.78, 5) is 19.6. The molecule has 0 fully saturated rings. The van der Waals surface area contributed by atoms with E-state index < -0.39 is 21.2 Å². The van der Waals surface area contributed by atoms with E-state index in [1.807, 2.05) is 22.6 Å². The quantitative estimate of drug-likeness (QED) is 0.419. The zero-order chi connectivity index (χ0) is 10.9. The van der Waals surface area contributed by atoms with Crippen LogP contribution in [-0.4, -0.2) is 9.85 Å². The molecule has 0 aliphatic rings. The Balaban J connectivity index is 3.53. The third-order valence-electron chi connectivity index (χ3n) is 1.43. The number of halogens is 2. The number of nitro groups is 2. The average molecular weight is 420 g/mol. The number of benzene rings is 1. The minimum atomic E-state index is -0.754. The van der Waals surface area contributed by atoms with Crippen molar-refractivity contribution in [3.63, 3.8) is 0 Å². The van der Waals surface area contributed by atoms with Crippen molar-refractivity contribution in [1.29, 1.82) is 0 Å². The zero-order valence-corrected chi connectivity index (χ0v) is 10.8. The van der Waals surface area contributed by atoms with E-state index in [-0.39, 0.29) is 0 Å². The second-order valence-corrected chi connectivity index (χ2v) is 4.48. The van der Waals surface area contributed by atoms with Gasteiger partial charge in [0, 0.05) is 9.64 Å². The lowest BCUT2D eigenvalue weighted by atomic mass is 10.3. The molecule has 1 rings (SSSR count). The summed E-state index contributed by atoms with van der Waals surface area (Å²) < 4.78 is 0.919. The van der Waals surface area contributed by atoms with E-state index in [9.17, 15) is 20.2 Å². The first-order chi connectivity index (χ1) is 6.45. The summed E-state index contributed by atoms with van der Waals surface area (Å²) in [5.74, 6) is 0. The van der Waals surface area contributed by atoms with Gasteiger partial charge >= 0.3 is 11.4 Å². The molecule has 14 heavy (non-hydrogen) atoms. The smallest absolute Gasteiger partial charge is 0.258 e. The third kappa shape index (κ3) is 2.10. The summed E-state index contributed by atoms with van der Waals surface area (Å²) >= 11 is 3.61. The molecule has 0 aliphatic carbocycles. The summed E-state index contributed by atoms with van der Waals surface area (Å²) in [5.41, 5.74) is -0.915. The van der Waals surface area contributed by atoms with Crippen LogP contribution in [0, 0.1) is 27.4 Å². The first-order valence-corrected chi connectivity index (χ1v) is 5.37. The van der Waals surface area contributed by atoms with Crippen LogP contribution in [-0.2, 0) is 0 Å². The van der Waals surface area contributed by atoms with Gasteiger partial charge < -0.3 is 0 Å². The number of nitro benzene ring substituents is 2. The van der Waals surface area contributed by atoms with Gasteiger partial charge in [-0.25, -0.2) is 0 Å². The van der Waals surface area contributed by atoms with Crippen LogP contribution in [0.4, 0.5) is 11.4 Å². The minimum absolute atomic E-state index is 0.294. The molecule has 0 amide bonds. The fourth-order valence-electron chi connectivity index (χ4n) is 0.851. The third-order valence-corrected chi connectivity index (χ3v) is 4.45. The van der Waals surface area contributed by atoms with Gasteiger partial charge in [0.25, 0.3) is 0 Å². The normalized spacial score (nSPS) is 9.86. The maximum atomic E-state index is 10.6. The highest BCUT2D eigenvalue weighted by molar-refractivity contribution is 14.1. The van der Waals surface area contributed by atoms with Crippen molar-refractivity contribution in [2.75, 3.05) is 0 Å². The highest BCUT2D eigenvalue weighted by atomic mass is 127. The Bertz CT molecular complexity index is 421. The fourth-order valence-corrected chi connectivity index (χ4v) is 1.94. The minimum Gasteiger partial charge on any atom is -0.258 e. The molecule has 0 N–H and O–H groups in total. The lowest BCUT2D eigenvalue weighted by Crippen LogP contribution is -2.00. The highest BCUT2D eigenvalue weighted by Gasteiger charge is 2.28. The van der Waals surface area contributed by atoms with Gasteiger partial charge in [0.15, 0.2) is 0 Å². The molecule has 0 saturated heterocycles. The molecular formula is C6H2I2N2O4. The second kappa shape index (κ2) is 4.33. The molecule has 74 valence electrons. The number of rotatable bonds is 2. The van der Waals surface area contributed by atoms with Crippen molar-refractivity contribution in [3.05, 3.63) is 39.5 Å². The summed E-state index contributed by atoms with van der Waals surface area (Å²) in [6.07, 6.45) is 0. The monoisotopic (exact) mass is 420 g/mol. The molecule has 0 heterocycles. The summed E-state index contributed by atoms with van der Waals surface area (Å²) in [5, 5.41) is 21.1. The van der Waals surface area contributed by atoms with Crippen molar-refractivity contribution in [2.24, 2.45) is 0 Å². The van der Waals surface area contributed by atoms with Crippen LogP contribution in [0.25, 0.3) is 0 Å². The zero-order valence-electron chi connectivity index (χ0n) is 6.44. The molecule has 0 saturated carbocycles. The largest absolute Gasteiger partial charge is 0.360 e. The Hall–Kier alpha value is -0.520. The Kier molecular flexibility index (Phi) is 3.58. The van der Waals surface area contributed by atoms with Crippen LogP contribution in [0.2, 0.25) is 0 Å². The van der Waals surface area contributed by atoms with E-state index in [1.165, 1.54) is 6.07 Å². The van der Waals surface area contributed by atoms with E-state index in [0.29, 0.717) is 7.14 Å². The standard InChI is InChI=1S/C6H2I2N2O4/c7-3-1-2-4(9(11)12)6(5(3)8)10(13)14/h1-2H. The van der Waals surface area contributed by atoms with Gasteiger partial charge in [0.1, 0.15) is 3.57 Å². The first-order valence-electron chi connectivity index (χ1n) is 3.22. The maximum absolute atomic E-state index is 10.6. The van der Waals surface area contributed by atoms with Crippen LogP contribution in [0.3, 0.4) is 0 Å². The fraction of sp³-hybridized carbons (Fsp3) is 0. The number of hydrogen-bond acceptors (Lipinski definition) is 4. The van der Waals surface area contributed by atoms with Gasteiger partial charge in [-0.2, -0.15) is 0 Å². The molecule has 0 spiro atoms. The van der Waals surface area contributed by atoms with E-state index in [4.69, 9.17) is 0 Å². The Morgan fingerprint density at radius 3 is 2.07 bits per heavy atom. The Morgan fingerprint density at radius 1 is 1.07 bits per heavy atom. The van der Waals surface area contributed by atoms with Crippen LogP contribution in [0.15, 0.2) is 12.1 Å². The van der Waals surface area contributed by atoms with E-state index in [0.717, 1.165) is 6.07 Å². The van der Waals surface area contributed by atoms with E-state index in [1.54, 1.807) is 22.6 Å². The van der Waals surface area contributed by atoms with Gasteiger partial charge in [-0.05, 0) is 51.2 Å². The van der Waals surface area contributed by atoms with Crippen LogP contribution in [0.5, 0.6) is 0 Å². The van der Waals surface area contributed by atoms with Crippen molar-refractivity contribution in [2.45, 2.75) is 0 Å². The topological polar surface area (TPSA) is 86.3 Å². The average Bonchev–Trinajstić information content (AvgIpc) is 2.08. The Labute approximate surface area is 105 Å². The van der Waals surface area contributed by atoms with Crippen LogP contribution < -0.4 is 0 Å². The Morgan fingerprint density at radius 2 is 1.64 bits per heavy atom. The summed E-state index contributed by atoms with van der Waals surface area (Å²) in [7, 11) is 0. The molecule has 1 aromatic carbocycles. The molecule has 0 bridgehead atoms.